The van der Waals surface area contributed by atoms with E-state index in [0.29, 0.717) is 11.2 Å². The molecule has 0 heterocycles. The van der Waals surface area contributed by atoms with Crippen LogP contribution in [0.4, 0.5) is 0 Å². The summed E-state index contributed by atoms with van der Waals surface area (Å²) in [6, 6.07) is 21.6. The SMILES string of the molecule is CC(c1ccccc1)C(Sc1ccccc1)C(C)(C)C. The van der Waals surface area contributed by atoms with E-state index in [1.807, 2.05) is 11.8 Å². The largest absolute Gasteiger partial charge is 0.122 e. The molecular formula is C19H24S. The fraction of sp³-hybridized carbons (Fsp3) is 0.368. The third kappa shape index (κ3) is 3.89. The molecule has 2 unspecified atom stereocenters. The van der Waals surface area contributed by atoms with E-state index in [1.165, 1.54) is 10.5 Å². The third-order valence-electron chi connectivity index (χ3n) is 3.64. The van der Waals surface area contributed by atoms with Crippen LogP contribution >= 0.6 is 11.8 Å². The minimum atomic E-state index is 0.260. The van der Waals surface area contributed by atoms with Crippen LogP contribution in [0, 0.1) is 5.41 Å². The number of rotatable bonds is 4. The van der Waals surface area contributed by atoms with Gasteiger partial charge in [0.05, 0.1) is 0 Å². The van der Waals surface area contributed by atoms with Gasteiger partial charge in [-0.3, -0.25) is 0 Å². The summed E-state index contributed by atoms with van der Waals surface area (Å²) in [5.74, 6) is 0.529. The van der Waals surface area contributed by atoms with Gasteiger partial charge >= 0.3 is 0 Å². The molecule has 0 aliphatic carbocycles. The molecule has 0 saturated heterocycles. The van der Waals surface area contributed by atoms with Crippen molar-refractivity contribution in [3.8, 4) is 0 Å². The van der Waals surface area contributed by atoms with Gasteiger partial charge in [-0.1, -0.05) is 76.2 Å². The van der Waals surface area contributed by atoms with Crippen molar-refractivity contribution in [3.05, 3.63) is 66.2 Å². The summed E-state index contributed by atoms with van der Waals surface area (Å²) in [6.45, 7) is 9.37. The predicted molar refractivity (Wildman–Crippen MR) is 90.4 cm³/mol. The summed E-state index contributed by atoms with van der Waals surface area (Å²) >= 11 is 2.00. The van der Waals surface area contributed by atoms with E-state index >= 15 is 0 Å². The Kier molecular flexibility index (Phi) is 4.93. The van der Waals surface area contributed by atoms with E-state index in [4.69, 9.17) is 0 Å². The minimum Gasteiger partial charge on any atom is -0.122 e. The highest BCUT2D eigenvalue weighted by molar-refractivity contribution is 8.00. The van der Waals surface area contributed by atoms with E-state index in [-0.39, 0.29) is 5.41 Å². The molecule has 0 amide bonds. The van der Waals surface area contributed by atoms with Crippen molar-refractivity contribution in [2.24, 2.45) is 5.41 Å². The van der Waals surface area contributed by atoms with Crippen molar-refractivity contribution in [2.45, 2.75) is 43.8 Å². The fourth-order valence-corrected chi connectivity index (χ4v) is 3.93. The molecule has 0 aromatic heterocycles. The first-order valence-corrected chi connectivity index (χ1v) is 8.13. The van der Waals surface area contributed by atoms with Crippen molar-refractivity contribution in [2.75, 3.05) is 0 Å². The second-order valence-corrected chi connectivity index (χ2v) is 7.63. The van der Waals surface area contributed by atoms with E-state index < -0.39 is 0 Å². The lowest BCUT2D eigenvalue weighted by molar-refractivity contribution is 0.363. The van der Waals surface area contributed by atoms with Crippen LogP contribution in [-0.4, -0.2) is 5.25 Å². The highest BCUT2D eigenvalue weighted by Gasteiger charge is 2.31. The molecule has 2 rings (SSSR count). The molecule has 0 aliphatic rings. The van der Waals surface area contributed by atoms with Crippen LogP contribution in [0.1, 0.15) is 39.2 Å². The van der Waals surface area contributed by atoms with Crippen LogP contribution in [-0.2, 0) is 0 Å². The van der Waals surface area contributed by atoms with Gasteiger partial charge in [0.25, 0.3) is 0 Å². The number of benzene rings is 2. The standard InChI is InChI=1S/C19H24S/c1-15(16-11-7-5-8-12-16)18(19(2,3)4)20-17-13-9-6-10-14-17/h5-15,18H,1-4H3. The summed E-state index contributed by atoms with van der Waals surface area (Å²) in [5, 5.41) is 0.548. The van der Waals surface area contributed by atoms with Crippen LogP contribution in [0.25, 0.3) is 0 Å². The van der Waals surface area contributed by atoms with Gasteiger partial charge in [0.15, 0.2) is 0 Å². The lowest BCUT2D eigenvalue weighted by Crippen LogP contribution is -2.28. The molecule has 0 saturated carbocycles. The molecule has 2 aromatic carbocycles. The topological polar surface area (TPSA) is 0 Å². The Morgan fingerprint density at radius 1 is 0.800 bits per heavy atom. The molecule has 0 fully saturated rings. The maximum atomic E-state index is 2.35. The number of hydrogen-bond donors (Lipinski definition) is 0. The van der Waals surface area contributed by atoms with Crippen molar-refractivity contribution in [1.29, 1.82) is 0 Å². The lowest BCUT2D eigenvalue weighted by Gasteiger charge is -2.35. The summed E-state index contributed by atoms with van der Waals surface area (Å²) < 4.78 is 0. The average Bonchev–Trinajstić information content (AvgIpc) is 2.45. The highest BCUT2D eigenvalue weighted by Crippen LogP contribution is 2.43. The molecule has 0 aliphatic heterocycles. The summed E-state index contributed by atoms with van der Waals surface area (Å²) in [6.07, 6.45) is 0. The molecule has 106 valence electrons. The Morgan fingerprint density at radius 2 is 1.30 bits per heavy atom. The third-order valence-corrected chi connectivity index (χ3v) is 5.55. The Balaban J connectivity index is 2.25. The monoisotopic (exact) mass is 284 g/mol. The van der Waals surface area contributed by atoms with Crippen molar-refractivity contribution < 1.29 is 0 Å². The zero-order valence-corrected chi connectivity index (χ0v) is 13.7. The number of thioether (sulfide) groups is 1. The fourth-order valence-electron chi connectivity index (χ4n) is 2.61. The average molecular weight is 284 g/mol. The highest BCUT2D eigenvalue weighted by atomic mass is 32.2. The van der Waals surface area contributed by atoms with Crippen LogP contribution < -0.4 is 0 Å². The first-order chi connectivity index (χ1) is 9.48. The predicted octanol–water partition coefficient (Wildman–Crippen LogP) is 6.00. The Labute approximate surface area is 127 Å². The van der Waals surface area contributed by atoms with Gasteiger partial charge in [-0.15, -0.1) is 11.8 Å². The van der Waals surface area contributed by atoms with E-state index in [9.17, 15) is 0 Å². The van der Waals surface area contributed by atoms with Gasteiger partial charge in [-0.25, -0.2) is 0 Å². The van der Waals surface area contributed by atoms with Crippen LogP contribution in [0.2, 0.25) is 0 Å². The van der Waals surface area contributed by atoms with Gasteiger partial charge in [0, 0.05) is 10.1 Å². The lowest BCUT2D eigenvalue weighted by atomic mass is 9.81. The van der Waals surface area contributed by atoms with Crippen molar-refractivity contribution >= 4 is 11.8 Å². The van der Waals surface area contributed by atoms with Gasteiger partial charge in [-0.2, -0.15) is 0 Å². The summed E-state index contributed by atoms with van der Waals surface area (Å²) in [7, 11) is 0. The van der Waals surface area contributed by atoms with Crippen LogP contribution in [0.15, 0.2) is 65.6 Å². The molecule has 1 heteroatoms. The van der Waals surface area contributed by atoms with Gasteiger partial charge in [-0.05, 0) is 29.0 Å². The molecule has 0 radical (unpaired) electrons. The van der Waals surface area contributed by atoms with Gasteiger partial charge < -0.3 is 0 Å². The van der Waals surface area contributed by atoms with E-state index in [1.54, 1.807) is 0 Å². The number of hydrogen-bond acceptors (Lipinski definition) is 1. The Bertz CT molecular complexity index is 510. The molecule has 2 atom stereocenters. The van der Waals surface area contributed by atoms with Crippen LogP contribution in [0.3, 0.4) is 0 Å². The minimum absolute atomic E-state index is 0.260. The first-order valence-electron chi connectivity index (χ1n) is 7.25. The second-order valence-electron chi connectivity index (χ2n) is 6.42. The zero-order valence-electron chi connectivity index (χ0n) is 12.8. The van der Waals surface area contributed by atoms with Crippen molar-refractivity contribution in [3.63, 3.8) is 0 Å². The van der Waals surface area contributed by atoms with E-state index in [2.05, 4.69) is 88.4 Å². The molecule has 0 N–H and O–H groups in total. The van der Waals surface area contributed by atoms with Gasteiger partial charge in [0.1, 0.15) is 0 Å². The quantitative estimate of drug-likeness (QED) is 0.621. The summed E-state index contributed by atoms with van der Waals surface area (Å²) in [4.78, 5) is 1.36. The Morgan fingerprint density at radius 3 is 1.80 bits per heavy atom. The van der Waals surface area contributed by atoms with E-state index in [0.717, 1.165) is 0 Å². The maximum Gasteiger partial charge on any atom is 0.0209 e. The smallest absolute Gasteiger partial charge is 0.0209 e. The molecule has 0 nitrogen and oxygen atoms in total. The van der Waals surface area contributed by atoms with Crippen LogP contribution in [0.5, 0.6) is 0 Å². The molecular weight excluding hydrogens is 260 g/mol. The summed E-state index contributed by atoms with van der Waals surface area (Å²) in [5.41, 5.74) is 1.69. The second kappa shape index (κ2) is 6.49. The normalized spacial score (nSPS) is 14.8. The van der Waals surface area contributed by atoms with Crippen molar-refractivity contribution in [1.82, 2.24) is 0 Å². The van der Waals surface area contributed by atoms with Gasteiger partial charge in [0.2, 0.25) is 0 Å². The molecule has 0 spiro atoms. The zero-order chi connectivity index (χ0) is 14.6. The molecule has 20 heavy (non-hydrogen) atoms. The first kappa shape index (κ1) is 15.2. The maximum absolute atomic E-state index is 2.35. The molecule has 0 bridgehead atoms. The Hall–Kier alpha value is -1.21. The molecule has 2 aromatic rings.